The van der Waals surface area contributed by atoms with E-state index in [0.29, 0.717) is 6.04 Å². The minimum Gasteiger partial charge on any atom is -0.309 e. The second-order valence-electron chi connectivity index (χ2n) is 5.16. The lowest BCUT2D eigenvalue weighted by atomic mass is 9.85. The average molecular weight is 251 g/mol. The van der Waals surface area contributed by atoms with Crippen molar-refractivity contribution in [1.82, 2.24) is 5.32 Å². The molecule has 1 aromatic rings. The zero-order chi connectivity index (χ0) is 11.9. The van der Waals surface area contributed by atoms with E-state index in [4.69, 9.17) is 0 Å². The fraction of sp³-hybridized carbons (Fsp3) is 0.733. The summed E-state index contributed by atoms with van der Waals surface area (Å²) in [5, 5.41) is 5.92. The van der Waals surface area contributed by atoms with Gasteiger partial charge < -0.3 is 5.32 Å². The highest BCUT2D eigenvalue weighted by atomic mass is 32.1. The van der Waals surface area contributed by atoms with Crippen LogP contribution >= 0.6 is 11.3 Å². The van der Waals surface area contributed by atoms with Crippen LogP contribution in [-0.4, -0.2) is 6.54 Å². The van der Waals surface area contributed by atoms with E-state index < -0.39 is 0 Å². The van der Waals surface area contributed by atoms with Crippen LogP contribution in [0.4, 0.5) is 0 Å². The lowest BCUT2D eigenvalue weighted by molar-refractivity contribution is 0.294. The third-order valence-corrected chi connectivity index (χ3v) is 4.85. The molecule has 0 spiro atoms. The smallest absolute Gasteiger partial charge is 0.0443 e. The van der Waals surface area contributed by atoms with Gasteiger partial charge in [0.1, 0.15) is 0 Å². The summed E-state index contributed by atoms with van der Waals surface area (Å²) in [6, 6.07) is 5.10. The monoisotopic (exact) mass is 251 g/mol. The number of hydrogen-bond acceptors (Lipinski definition) is 2. The van der Waals surface area contributed by atoms with Crippen molar-refractivity contribution in [3.8, 4) is 0 Å². The minimum absolute atomic E-state index is 0.609. The summed E-state index contributed by atoms with van der Waals surface area (Å²) >= 11 is 1.91. The van der Waals surface area contributed by atoms with Crippen molar-refractivity contribution in [2.45, 2.75) is 57.9 Å². The van der Waals surface area contributed by atoms with E-state index in [-0.39, 0.29) is 0 Å². The molecule has 1 nitrogen and oxygen atoms in total. The molecule has 1 unspecified atom stereocenters. The maximum absolute atomic E-state index is 3.71. The molecule has 0 bridgehead atoms. The summed E-state index contributed by atoms with van der Waals surface area (Å²) in [4.78, 5) is 1.54. The lowest BCUT2D eigenvalue weighted by Gasteiger charge is -2.28. The van der Waals surface area contributed by atoms with Crippen LogP contribution in [0.2, 0.25) is 0 Å². The summed E-state index contributed by atoms with van der Waals surface area (Å²) in [6.45, 7) is 3.31. The van der Waals surface area contributed by atoms with Crippen LogP contribution in [-0.2, 0) is 0 Å². The van der Waals surface area contributed by atoms with Gasteiger partial charge in [-0.3, -0.25) is 0 Å². The van der Waals surface area contributed by atoms with Gasteiger partial charge in [0.15, 0.2) is 0 Å². The van der Waals surface area contributed by atoms with E-state index in [1.54, 1.807) is 0 Å². The first-order chi connectivity index (χ1) is 8.42. The van der Waals surface area contributed by atoms with Gasteiger partial charge >= 0.3 is 0 Å². The van der Waals surface area contributed by atoms with Crippen LogP contribution in [0.15, 0.2) is 17.5 Å². The Kier molecular flexibility index (Phi) is 5.53. The molecular formula is C15H25NS. The first kappa shape index (κ1) is 13.1. The number of thiophene rings is 1. The van der Waals surface area contributed by atoms with Gasteiger partial charge in [-0.1, -0.05) is 45.1 Å². The zero-order valence-electron chi connectivity index (χ0n) is 11.0. The van der Waals surface area contributed by atoms with Crippen LogP contribution in [0.3, 0.4) is 0 Å². The Balaban J connectivity index is 2.02. The summed E-state index contributed by atoms with van der Waals surface area (Å²) in [6.07, 6.45) is 10.0. The fourth-order valence-corrected chi connectivity index (χ4v) is 3.90. The highest BCUT2D eigenvalue weighted by molar-refractivity contribution is 7.10. The van der Waals surface area contributed by atoms with Crippen molar-refractivity contribution in [3.05, 3.63) is 22.4 Å². The molecule has 1 atom stereocenters. The minimum atomic E-state index is 0.609. The molecule has 2 heteroatoms. The second kappa shape index (κ2) is 7.17. The molecule has 0 amide bonds. The SMILES string of the molecule is CCNC(c1cccs1)C1CCCCCCC1. The van der Waals surface area contributed by atoms with Gasteiger partial charge in [0.2, 0.25) is 0 Å². The van der Waals surface area contributed by atoms with Gasteiger partial charge in [-0.2, -0.15) is 0 Å². The van der Waals surface area contributed by atoms with Crippen LogP contribution in [0.25, 0.3) is 0 Å². The maximum Gasteiger partial charge on any atom is 0.0443 e. The number of hydrogen-bond donors (Lipinski definition) is 1. The van der Waals surface area contributed by atoms with Crippen LogP contribution < -0.4 is 5.32 Å². The molecule has 0 aliphatic heterocycles. The van der Waals surface area contributed by atoms with Crippen molar-refractivity contribution >= 4 is 11.3 Å². The zero-order valence-corrected chi connectivity index (χ0v) is 11.8. The van der Waals surface area contributed by atoms with Crippen LogP contribution in [0.5, 0.6) is 0 Å². The number of nitrogens with one attached hydrogen (secondary N) is 1. The Morgan fingerprint density at radius 3 is 2.53 bits per heavy atom. The predicted molar refractivity (Wildman–Crippen MR) is 76.5 cm³/mol. The first-order valence-electron chi connectivity index (χ1n) is 7.18. The molecule has 1 heterocycles. The van der Waals surface area contributed by atoms with E-state index in [1.807, 2.05) is 11.3 Å². The van der Waals surface area contributed by atoms with Gasteiger partial charge in [-0.25, -0.2) is 0 Å². The molecular weight excluding hydrogens is 226 g/mol. The molecule has 1 N–H and O–H groups in total. The third kappa shape index (κ3) is 3.82. The lowest BCUT2D eigenvalue weighted by Crippen LogP contribution is -2.28. The predicted octanol–water partition coefficient (Wildman–Crippen LogP) is 4.76. The first-order valence-corrected chi connectivity index (χ1v) is 8.06. The standard InChI is InChI=1S/C15H25NS/c1-2-16-15(14-11-8-12-17-14)13-9-6-4-3-5-7-10-13/h8,11-13,15-16H,2-7,9-10H2,1H3. The van der Waals surface area contributed by atoms with Crippen molar-refractivity contribution < 1.29 is 0 Å². The summed E-state index contributed by atoms with van der Waals surface area (Å²) in [5.41, 5.74) is 0. The fourth-order valence-electron chi connectivity index (χ4n) is 3.01. The van der Waals surface area contributed by atoms with Crippen molar-refractivity contribution in [2.75, 3.05) is 6.54 Å². The summed E-state index contributed by atoms with van der Waals surface area (Å²) < 4.78 is 0. The highest BCUT2D eigenvalue weighted by Gasteiger charge is 2.23. The third-order valence-electron chi connectivity index (χ3n) is 3.89. The van der Waals surface area contributed by atoms with Crippen LogP contribution in [0, 0.1) is 5.92 Å². The van der Waals surface area contributed by atoms with Crippen molar-refractivity contribution in [3.63, 3.8) is 0 Å². The van der Waals surface area contributed by atoms with E-state index >= 15 is 0 Å². The molecule has 1 saturated carbocycles. The Labute approximate surface area is 110 Å². The normalized spacial score (nSPS) is 20.8. The van der Waals surface area contributed by atoms with Gasteiger partial charge in [0.05, 0.1) is 0 Å². The van der Waals surface area contributed by atoms with Crippen LogP contribution in [0.1, 0.15) is 62.8 Å². The largest absolute Gasteiger partial charge is 0.309 e. The molecule has 1 aliphatic rings. The number of rotatable bonds is 4. The molecule has 2 rings (SSSR count). The quantitative estimate of drug-likeness (QED) is 0.813. The molecule has 0 aromatic carbocycles. The average Bonchev–Trinajstić information content (AvgIpc) is 2.79. The van der Waals surface area contributed by atoms with Crippen molar-refractivity contribution in [2.24, 2.45) is 5.92 Å². The summed E-state index contributed by atoms with van der Waals surface area (Å²) in [7, 11) is 0. The molecule has 1 fully saturated rings. The Bertz CT molecular complexity index is 286. The van der Waals surface area contributed by atoms with Gasteiger partial charge in [0.25, 0.3) is 0 Å². The molecule has 1 aromatic heterocycles. The van der Waals surface area contributed by atoms with Crippen molar-refractivity contribution in [1.29, 1.82) is 0 Å². The molecule has 1 aliphatic carbocycles. The Hall–Kier alpha value is -0.340. The second-order valence-corrected chi connectivity index (χ2v) is 6.14. The topological polar surface area (TPSA) is 12.0 Å². The van der Waals surface area contributed by atoms with E-state index in [2.05, 4.69) is 29.8 Å². The van der Waals surface area contributed by atoms with E-state index in [0.717, 1.165) is 12.5 Å². The van der Waals surface area contributed by atoms with E-state index in [9.17, 15) is 0 Å². The Morgan fingerprint density at radius 2 is 1.94 bits per heavy atom. The van der Waals surface area contributed by atoms with Gasteiger partial charge in [-0.05, 0) is 36.8 Å². The van der Waals surface area contributed by atoms with E-state index in [1.165, 1.54) is 49.8 Å². The summed E-state index contributed by atoms with van der Waals surface area (Å²) in [5.74, 6) is 0.855. The molecule has 96 valence electrons. The van der Waals surface area contributed by atoms with Gasteiger partial charge in [-0.15, -0.1) is 11.3 Å². The van der Waals surface area contributed by atoms with Gasteiger partial charge in [0, 0.05) is 10.9 Å². The maximum atomic E-state index is 3.71. The highest BCUT2D eigenvalue weighted by Crippen LogP contribution is 2.34. The Morgan fingerprint density at radius 1 is 1.24 bits per heavy atom. The molecule has 0 radical (unpaired) electrons. The molecule has 17 heavy (non-hydrogen) atoms. The molecule has 0 saturated heterocycles.